The van der Waals surface area contributed by atoms with Gasteiger partial charge in [-0.25, -0.2) is 0 Å². The Balaban J connectivity index is 1.97. The van der Waals surface area contributed by atoms with Crippen LogP contribution < -0.4 is 4.74 Å². The Morgan fingerprint density at radius 2 is 1.79 bits per heavy atom. The van der Waals surface area contributed by atoms with Gasteiger partial charge in [-0.05, 0) is 36.5 Å². The van der Waals surface area contributed by atoms with Crippen molar-refractivity contribution in [3.63, 3.8) is 0 Å². The molecule has 2 aromatic heterocycles. The maximum Gasteiger partial charge on any atom is 0.420 e. The Morgan fingerprint density at radius 3 is 2.50 bits per heavy atom. The molecule has 1 atom stereocenters. The molecule has 6 heteroatoms. The minimum Gasteiger partial charge on any atom is -0.491 e. The van der Waals surface area contributed by atoms with Gasteiger partial charge in [0.25, 0.3) is 0 Å². The fraction of sp³-hybridized carbons (Fsp3) is 0.364. The number of hydrogen-bond donors (Lipinski definition) is 0. The standard InChI is InChI=1S/C22H23F3N2O/c1-14(2)10-15(3)13-28-21-12-27-20(11-18(21)22(23,24)25)17-8-9-26-19-7-5-4-6-16(17)19/h4-9,11-12,14-15H,10,13H2,1-3H3. The number of fused-ring (bicyclic) bond motifs is 1. The first-order chi connectivity index (χ1) is 13.3. The van der Waals surface area contributed by atoms with Crippen molar-refractivity contribution in [2.75, 3.05) is 6.61 Å². The quantitative estimate of drug-likeness (QED) is 0.492. The lowest BCUT2D eigenvalue weighted by atomic mass is 10.00. The minimum atomic E-state index is -4.53. The van der Waals surface area contributed by atoms with E-state index in [1.54, 1.807) is 12.3 Å². The van der Waals surface area contributed by atoms with E-state index >= 15 is 0 Å². The van der Waals surface area contributed by atoms with E-state index in [2.05, 4.69) is 23.8 Å². The van der Waals surface area contributed by atoms with Gasteiger partial charge in [0.2, 0.25) is 0 Å². The number of para-hydroxylation sites is 1. The van der Waals surface area contributed by atoms with Crippen molar-refractivity contribution < 1.29 is 17.9 Å². The number of alkyl halides is 3. The van der Waals surface area contributed by atoms with Gasteiger partial charge in [-0.2, -0.15) is 13.2 Å². The summed E-state index contributed by atoms with van der Waals surface area (Å²) in [5, 5.41) is 0.754. The number of halogens is 3. The molecule has 0 bridgehead atoms. The Hall–Kier alpha value is -2.63. The predicted molar refractivity (Wildman–Crippen MR) is 104 cm³/mol. The van der Waals surface area contributed by atoms with Crippen molar-refractivity contribution in [1.82, 2.24) is 9.97 Å². The van der Waals surface area contributed by atoms with Gasteiger partial charge in [-0.3, -0.25) is 9.97 Å². The van der Waals surface area contributed by atoms with Crippen molar-refractivity contribution in [3.05, 3.63) is 54.4 Å². The predicted octanol–water partition coefficient (Wildman–Crippen LogP) is 6.38. The molecule has 0 saturated heterocycles. The van der Waals surface area contributed by atoms with Crippen molar-refractivity contribution in [2.45, 2.75) is 33.4 Å². The van der Waals surface area contributed by atoms with Crippen LogP contribution in [0, 0.1) is 11.8 Å². The number of ether oxygens (including phenoxy) is 1. The van der Waals surface area contributed by atoms with E-state index in [1.165, 1.54) is 6.20 Å². The van der Waals surface area contributed by atoms with Crippen LogP contribution in [0.5, 0.6) is 5.75 Å². The molecule has 0 fully saturated rings. The molecule has 148 valence electrons. The fourth-order valence-corrected chi connectivity index (χ4v) is 3.35. The Bertz CT molecular complexity index is 949. The van der Waals surface area contributed by atoms with Crippen molar-refractivity contribution in [1.29, 1.82) is 0 Å². The third-order valence-electron chi connectivity index (χ3n) is 4.49. The zero-order valence-corrected chi connectivity index (χ0v) is 16.1. The molecule has 0 amide bonds. The van der Waals surface area contributed by atoms with Gasteiger partial charge in [0, 0.05) is 17.1 Å². The minimum absolute atomic E-state index is 0.157. The van der Waals surface area contributed by atoms with E-state index in [4.69, 9.17) is 4.74 Å². The summed E-state index contributed by atoms with van der Waals surface area (Å²) in [6.45, 7) is 6.35. The molecule has 3 nitrogen and oxygen atoms in total. The van der Waals surface area contributed by atoms with E-state index in [0.29, 0.717) is 17.0 Å². The van der Waals surface area contributed by atoms with Crippen molar-refractivity contribution >= 4 is 10.9 Å². The molecule has 0 radical (unpaired) electrons. The highest BCUT2D eigenvalue weighted by Crippen LogP contribution is 2.39. The number of hydrogen-bond acceptors (Lipinski definition) is 3. The number of rotatable bonds is 6. The second kappa shape index (κ2) is 8.17. The molecule has 1 aromatic carbocycles. The molecule has 3 rings (SSSR count). The van der Waals surface area contributed by atoms with Crippen LogP contribution in [0.4, 0.5) is 13.2 Å². The third kappa shape index (κ3) is 4.61. The average Bonchev–Trinajstić information content (AvgIpc) is 2.64. The lowest BCUT2D eigenvalue weighted by Gasteiger charge is -2.18. The Labute approximate surface area is 162 Å². The van der Waals surface area contributed by atoms with Crippen LogP contribution in [0.1, 0.15) is 32.8 Å². The number of nitrogens with zero attached hydrogens (tertiary/aromatic N) is 2. The number of pyridine rings is 2. The van der Waals surface area contributed by atoms with Crippen molar-refractivity contribution in [2.24, 2.45) is 11.8 Å². The van der Waals surface area contributed by atoms with E-state index in [-0.39, 0.29) is 24.0 Å². The molecule has 28 heavy (non-hydrogen) atoms. The molecule has 1 unspecified atom stereocenters. The second-order valence-electron chi connectivity index (χ2n) is 7.48. The van der Waals surface area contributed by atoms with E-state index in [1.807, 2.05) is 31.2 Å². The first-order valence-corrected chi connectivity index (χ1v) is 9.30. The Morgan fingerprint density at radius 1 is 1.04 bits per heavy atom. The van der Waals surface area contributed by atoms with Crippen molar-refractivity contribution in [3.8, 4) is 17.0 Å². The van der Waals surface area contributed by atoms with Gasteiger partial charge in [0.1, 0.15) is 11.3 Å². The molecule has 3 aromatic rings. The van der Waals surface area contributed by atoms with Gasteiger partial charge in [-0.15, -0.1) is 0 Å². The normalized spacial score (nSPS) is 13.1. The Kier molecular flexibility index (Phi) is 5.87. The number of benzene rings is 1. The largest absolute Gasteiger partial charge is 0.491 e. The summed E-state index contributed by atoms with van der Waals surface area (Å²) in [6.07, 6.45) is -0.896. The second-order valence-corrected chi connectivity index (χ2v) is 7.48. The first kappa shape index (κ1) is 20.1. The van der Waals surface area contributed by atoms with Crippen LogP contribution in [0.3, 0.4) is 0 Å². The molecule has 0 aliphatic carbocycles. The molecule has 0 spiro atoms. The summed E-state index contributed by atoms with van der Waals surface area (Å²) in [6, 6.07) is 10.0. The summed E-state index contributed by atoms with van der Waals surface area (Å²) < 4.78 is 46.5. The van der Waals surface area contributed by atoms with Gasteiger partial charge in [-0.1, -0.05) is 39.0 Å². The topological polar surface area (TPSA) is 35.0 Å². The highest BCUT2D eigenvalue weighted by molar-refractivity contribution is 5.93. The monoisotopic (exact) mass is 388 g/mol. The maximum absolute atomic E-state index is 13.7. The summed E-state index contributed by atoms with van der Waals surface area (Å²) in [5.74, 6) is 0.385. The molecule has 2 heterocycles. The molecule has 0 aliphatic rings. The van der Waals surface area contributed by atoms with Crippen LogP contribution in [-0.4, -0.2) is 16.6 Å². The SMILES string of the molecule is CC(C)CC(C)COc1cnc(-c2ccnc3ccccc23)cc1C(F)(F)F. The highest BCUT2D eigenvalue weighted by atomic mass is 19.4. The average molecular weight is 388 g/mol. The van der Waals surface area contributed by atoms with Crippen LogP contribution in [0.2, 0.25) is 0 Å². The molecular formula is C22H23F3N2O. The maximum atomic E-state index is 13.7. The number of aromatic nitrogens is 2. The molecular weight excluding hydrogens is 365 g/mol. The molecule has 0 saturated carbocycles. The van der Waals surface area contributed by atoms with Gasteiger partial charge < -0.3 is 4.74 Å². The van der Waals surface area contributed by atoms with E-state index in [9.17, 15) is 13.2 Å². The third-order valence-corrected chi connectivity index (χ3v) is 4.49. The fourth-order valence-electron chi connectivity index (χ4n) is 3.35. The highest BCUT2D eigenvalue weighted by Gasteiger charge is 2.35. The zero-order chi connectivity index (χ0) is 20.3. The van der Waals surface area contributed by atoms with E-state index < -0.39 is 11.7 Å². The summed E-state index contributed by atoms with van der Waals surface area (Å²) >= 11 is 0. The van der Waals surface area contributed by atoms with Gasteiger partial charge in [0.15, 0.2) is 0 Å². The zero-order valence-electron chi connectivity index (χ0n) is 16.1. The summed E-state index contributed by atoms with van der Waals surface area (Å²) in [7, 11) is 0. The van der Waals surface area contributed by atoms with Crippen LogP contribution in [0.15, 0.2) is 48.8 Å². The van der Waals surface area contributed by atoms with Crippen LogP contribution in [-0.2, 0) is 6.18 Å². The van der Waals surface area contributed by atoms with Gasteiger partial charge in [0.05, 0.1) is 24.0 Å². The lowest BCUT2D eigenvalue weighted by Crippen LogP contribution is -2.15. The smallest absolute Gasteiger partial charge is 0.420 e. The first-order valence-electron chi connectivity index (χ1n) is 9.30. The lowest BCUT2D eigenvalue weighted by molar-refractivity contribution is -0.139. The molecule has 0 aliphatic heterocycles. The van der Waals surface area contributed by atoms with E-state index in [0.717, 1.165) is 17.9 Å². The molecule has 0 N–H and O–H groups in total. The van der Waals surface area contributed by atoms with Crippen LogP contribution >= 0.6 is 0 Å². The van der Waals surface area contributed by atoms with Crippen LogP contribution in [0.25, 0.3) is 22.2 Å². The van der Waals surface area contributed by atoms with Gasteiger partial charge >= 0.3 is 6.18 Å². The summed E-state index contributed by atoms with van der Waals surface area (Å²) in [4.78, 5) is 8.51. The summed E-state index contributed by atoms with van der Waals surface area (Å²) in [5.41, 5.74) is 0.748.